The summed E-state index contributed by atoms with van der Waals surface area (Å²) in [6.45, 7) is 4.53. The van der Waals surface area contributed by atoms with Gasteiger partial charge in [0.1, 0.15) is 5.69 Å². The van der Waals surface area contributed by atoms with Crippen LogP contribution in [0.4, 0.5) is 14.5 Å². The first kappa shape index (κ1) is 18.1. The van der Waals surface area contributed by atoms with Gasteiger partial charge in [-0.1, -0.05) is 51.0 Å². The molecule has 0 saturated heterocycles. The number of halogens is 2. The minimum Gasteiger partial charge on any atom is -0.490 e. The van der Waals surface area contributed by atoms with Crippen LogP contribution < -0.4 is 4.74 Å². The number of nitrogens with zero attached hydrogens (tertiary/aromatic N) is 1. The maximum atomic E-state index is 14.1. The molecular weight excluding hydrogens is 308 g/mol. The second-order valence-electron chi connectivity index (χ2n) is 5.62. The molecule has 0 atom stereocenters. The molecule has 0 unspecified atom stereocenters. The van der Waals surface area contributed by atoms with E-state index in [9.17, 15) is 8.78 Å². The van der Waals surface area contributed by atoms with E-state index in [1.54, 1.807) is 0 Å². The third-order valence-electron chi connectivity index (χ3n) is 3.77. The summed E-state index contributed by atoms with van der Waals surface area (Å²) >= 11 is 0. The third kappa shape index (κ3) is 4.88. The topological polar surface area (TPSA) is 21.6 Å². The summed E-state index contributed by atoms with van der Waals surface area (Å²) in [5.41, 5.74) is 2.02. The predicted octanol–water partition coefficient (Wildman–Crippen LogP) is 5.85. The van der Waals surface area contributed by atoms with Crippen LogP contribution in [0.25, 0.3) is 0 Å². The Morgan fingerprint density at radius 1 is 0.958 bits per heavy atom. The highest BCUT2D eigenvalue weighted by atomic mass is 19.2. The first-order valence-electron chi connectivity index (χ1n) is 8.39. The van der Waals surface area contributed by atoms with E-state index in [4.69, 9.17) is 4.74 Å². The average molecular weight is 331 g/mol. The molecule has 0 aliphatic carbocycles. The van der Waals surface area contributed by atoms with Gasteiger partial charge in [-0.15, -0.1) is 0 Å². The molecule has 128 valence electrons. The fourth-order valence-electron chi connectivity index (χ4n) is 2.25. The maximum absolute atomic E-state index is 14.1. The summed E-state index contributed by atoms with van der Waals surface area (Å²) in [4.78, 5) is 4.05. The molecule has 0 aromatic heterocycles. The van der Waals surface area contributed by atoms with Gasteiger partial charge >= 0.3 is 0 Å². The Kier molecular flexibility index (Phi) is 6.91. The number of aryl methyl sites for hydroxylation is 1. The van der Waals surface area contributed by atoms with Crippen molar-refractivity contribution in [2.24, 2.45) is 4.99 Å². The van der Waals surface area contributed by atoms with Crippen LogP contribution in [0.1, 0.15) is 44.2 Å². The van der Waals surface area contributed by atoms with Gasteiger partial charge in [0, 0.05) is 6.21 Å². The minimum absolute atomic E-state index is 0.0343. The Morgan fingerprint density at radius 3 is 2.38 bits per heavy atom. The number of ether oxygens (including phenoxy) is 1. The highest BCUT2D eigenvalue weighted by Crippen LogP contribution is 2.28. The van der Waals surface area contributed by atoms with Crippen LogP contribution in [0.3, 0.4) is 0 Å². The highest BCUT2D eigenvalue weighted by molar-refractivity contribution is 5.82. The van der Waals surface area contributed by atoms with Crippen molar-refractivity contribution in [2.75, 3.05) is 6.61 Å². The van der Waals surface area contributed by atoms with Gasteiger partial charge < -0.3 is 4.74 Å². The van der Waals surface area contributed by atoms with Crippen LogP contribution in [0.15, 0.2) is 41.4 Å². The van der Waals surface area contributed by atoms with Gasteiger partial charge in [0.15, 0.2) is 11.6 Å². The zero-order chi connectivity index (χ0) is 17.4. The van der Waals surface area contributed by atoms with Crippen molar-refractivity contribution in [2.45, 2.75) is 39.5 Å². The summed E-state index contributed by atoms with van der Waals surface area (Å²) in [6.07, 6.45) is 5.36. The average Bonchev–Trinajstić information content (AvgIpc) is 2.62. The lowest BCUT2D eigenvalue weighted by atomic mass is 10.1. The van der Waals surface area contributed by atoms with Crippen LogP contribution in [0.2, 0.25) is 0 Å². The van der Waals surface area contributed by atoms with E-state index in [1.807, 2.05) is 24.3 Å². The van der Waals surface area contributed by atoms with E-state index >= 15 is 0 Å². The molecule has 2 nitrogen and oxygen atoms in total. The standard InChI is InChI=1S/C20H23F2NO/c1-3-5-6-13-24-18-12-11-17(19(21)20(18)22)23-14-16-9-7-15(4-2)8-10-16/h7-12,14H,3-6,13H2,1-2H3. The summed E-state index contributed by atoms with van der Waals surface area (Å²) in [6, 6.07) is 10.7. The van der Waals surface area contributed by atoms with Crippen molar-refractivity contribution >= 4 is 11.9 Å². The molecular formula is C20H23F2NO. The zero-order valence-electron chi connectivity index (χ0n) is 14.2. The lowest BCUT2D eigenvalue weighted by Gasteiger charge is -2.08. The van der Waals surface area contributed by atoms with E-state index < -0.39 is 11.6 Å². The smallest absolute Gasteiger partial charge is 0.202 e. The molecule has 0 radical (unpaired) electrons. The lowest BCUT2D eigenvalue weighted by molar-refractivity contribution is 0.286. The Hall–Kier alpha value is -2.23. The molecule has 0 bridgehead atoms. The SMILES string of the molecule is CCCCCOc1ccc(N=Cc2ccc(CC)cc2)c(F)c1F. The van der Waals surface area contributed by atoms with Crippen LogP contribution in [0, 0.1) is 11.6 Å². The fraction of sp³-hybridized carbons (Fsp3) is 0.350. The highest BCUT2D eigenvalue weighted by Gasteiger charge is 2.13. The van der Waals surface area contributed by atoms with Crippen molar-refractivity contribution in [3.05, 3.63) is 59.2 Å². The molecule has 0 heterocycles. The van der Waals surface area contributed by atoms with Crippen LogP contribution in [-0.2, 0) is 6.42 Å². The van der Waals surface area contributed by atoms with Gasteiger partial charge in [-0.05, 0) is 36.1 Å². The van der Waals surface area contributed by atoms with Crippen LogP contribution in [-0.4, -0.2) is 12.8 Å². The van der Waals surface area contributed by atoms with Gasteiger partial charge in [0.2, 0.25) is 5.82 Å². The molecule has 4 heteroatoms. The quantitative estimate of drug-likeness (QED) is 0.439. The van der Waals surface area contributed by atoms with Crippen LogP contribution in [0.5, 0.6) is 5.75 Å². The second kappa shape index (κ2) is 9.16. The summed E-state index contributed by atoms with van der Waals surface area (Å²) in [5, 5.41) is 0. The molecule has 2 aromatic carbocycles. The van der Waals surface area contributed by atoms with Gasteiger partial charge in [-0.25, -0.2) is 4.39 Å². The van der Waals surface area contributed by atoms with Crippen molar-refractivity contribution in [1.29, 1.82) is 0 Å². The predicted molar refractivity (Wildman–Crippen MR) is 94.5 cm³/mol. The van der Waals surface area contributed by atoms with Gasteiger partial charge in [-0.2, -0.15) is 4.39 Å². The number of unbranched alkanes of at least 4 members (excludes halogenated alkanes) is 2. The second-order valence-corrected chi connectivity index (χ2v) is 5.62. The number of aliphatic imine (C=N–C) groups is 1. The lowest BCUT2D eigenvalue weighted by Crippen LogP contribution is -2.00. The first-order chi connectivity index (χ1) is 11.7. The molecule has 0 aliphatic heterocycles. The number of hydrogen-bond donors (Lipinski definition) is 0. The minimum atomic E-state index is -0.984. The first-order valence-corrected chi connectivity index (χ1v) is 8.39. The largest absolute Gasteiger partial charge is 0.490 e. The summed E-state index contributed by atoms with van der Waals surface area (Å²) < 4.78 is 33.4. The summed E-state index contributed by atoms with van der Waals surface area (Å²) in [7, 11) is 0. The van der Waals surface area contributed by atoms with Crippen molar-refractivity contribution in [3.63, 3.8) is 0 Å². The van der Waals surface area contributed by atoms with Gasteiger partial charge in [0.05, 0.1) is 6.61 Å². The Labute approximate surface area is 142 Å². The van der Waals surface area contributed by atoms with Crippen LogP contribution >= 0.6 is 0 Å². The maximum Gasteiger partial charge on any atom is 0.202 e. The molecule has 2 rings (SSSR count). The summed E-state index contributed by atoms with van der Waals surface area (Å²) in [5.74, 6) is -2.03. The molecule has 0 spiro atoms. The number of benzene rings is 2. The van der Waals surface area contributed by atoms with E-state index in [2.05, 4.69) is 18.8 Å². The molecule has 0 saturated carbocycles. The van der Waals surface area contributed by atoms with E-state index in [1.165, 1.54) is 23.9 Å². The Bertz CT molecular complexity index is 681. The monoisotopic (exact) mass is 331 g/mol. The Morgan fingerprint density at radius 2 is 1.71 bits per heavy atom. The number of rotatable bonds is 8. The molecule has 24 heavy (non-hydrogen) atoms. The zero-order valence-corrected chi connectivity index (χ0v) is 14.2. The molecule has 0 amide bonds. The van der Waals surface area contributed by atoms with Gasteiger partial charge in [0.25, 0.3) is 0 Å². The fourth-order valence-corrected chi connectivity index (χ4v) is 2.25. The number of hydrogen-bond acceptors (Lipinski definition) is 2. The Balaban J connectivity index is 2.07. The molecule has 2 aromatic rings. The molecule has 0 fully saturated rings. The van der Waals surface area contributed by atoms with Crippen molar-refractivity contribution in [3.8, 4) is 5.75 Å². The molecule has 0 aliphatic rings. The van der Waals surface area contributed by atoms with E-state index in [0.29, 0.717) is 6.61 Å². The normalized spacial score (nSPS) is 11.2. The van der Waals surface area contributed by atoms with Crippen molar-refractivity contribution in [1.82, 2.24) is 0 Å². The molecule has 0 N–H and O–H groups in total. The van der Waals surface area contributed by atoms with Crippen molar-refractivity contribution < 1.29 is 13.5 Å². The van der Waals surface area contributed by atoms with E-state index in [-0.39, 0.29) is 11.4 Å². The van der Waals surface area contributed by atoms with E-state index in [0.717, 1.165) is 31.2 Å². The third-order valence-corrected chi connectivity index (χ3v) is 3.77. The van der Waals surface area contributed by atoms with Gasteiger partial charge in [-0.3, -0.25) is 4.99 Å².